The van der Waals surface area contributed by atoms with Crippen molar-refractivity contribution in [1.82, 2.24) is 0 Å². The summed E-state index contributed by atoms with van der Waals surface area (Å²) >= 11 is 2.79. The third-order valence-electron chi connectivity index (χ3n) is 5.10. The second-order valence-electron chi connectivity index (χ2n) is 7.42. The van der Waals surface area contributed by atoms with Gasteiger partial charge in [0.05, 0.1) is 24.8 Å². The topological polar surface area (TPSA) is 76.7 Å². The normalized spacial score (nSPS) is 11.4. The molecule has 0 saturated carbocycles. The number of carbonyl (C=O) groups excluding carboxylic acids is 2. The molecule has 0 saturated heterocycles. The molecule has 0 fully saturated rings. The van der Waals surface area contributed by atoms with Gasteiger partial charge in [-0.25, -0.2) is 0 Å². The molecule has 3 aromatic carbocycles. The number of carbonyl (C=O) groups is 2. The molecule has 0 aliphatic rings. The fourth-order valence-corrected chi connectivity index (χ4v) is 5.09. The number of methoxy groups -OCH3 is 2. The van der Waals surface area contributed by atoms with Crippen LogP contribution in [-0.2, 0) is 4.79 Å². The number of hydrogen-bond donors (Lipinski definition) is 2. The lowest BCUT2D eigenvalue weighted by molar-refractivity contribution is -0.115. The van der Waals surface area contributed by atoms with Crippen LogP contribution in [0.1, 0.15) is 20.5 Å². The fraction of sp³-hybridized carbons (Fsp3) is 0.111. The Labute approximate surface area is 212 Å². The Kier molecular flexibility index (Phi) is 8.07. The maximum absolute atomic E-state index is 13.5. The van der Waals surface area contributed by atoms with Crippen LogP contribution in [0.3, 0.4) is 0 Å². The number of ether oxygens (including phenoxy) is 2. The van der Waals surface area contributed by atoms with Crippen molar-refractivity contribution in [3.8, 4) is 11.5 Å². The summed E-state index contributed by atoms with van der Waals surface area (Å²) in [5.74, 6) is 0.784. The van der Waals surface area contributed by atoms with Gasteiger partial charge in [0, 0.05) is 16.6 Å². The van der Waals surface area contributed by atoms with Gasteiger partial charge in [-0.3, -0.25) is 9.59 Å². The van der Waals surface area contributed by atoms with E-state index < -0.39 is 5.25 Å². The van der Waals surface area contributed by atoms with Gasteiger partial charge in [-0.05, 0) is 47.3 Å². The molecule has 0 aliphatic heterocycles. The Hall–Kier alpha value is -3.75. The van der Waals surface area contributed by atoms with Crippen molar-refractivity contribution < 1.29 is 19.1 Å². The molecule has 0 aliphatic carbocycles. The van der Waals surface area contributed by atoms with E-state index in [9.17, 15) is 9.59 Å². The summed E-state index contributed by atoms with van der Waals surface area (Å²) in [7, 11) is 3.12. The van der Waals surface area contributed by atoms with Crippen molar-refractivity contribution in [3.63, 3.8) is 0 Å². The lowest BCUT2D eigenvalue weighted by atomic mass is 10.1. The first-order valence-electron chi connectivity index (χ1n) is 10.8. The minimum absolute atomic E-state index is 0.161. The van der Waals surface area contributed by atoms with E-state index in [4.69, 9.17) is 9.47 Å². The van der Waals surface area contributed by atoms with Gasteiger partial charge >= 0.3 is 0 Å². The second kappa shape index (κ2) is 11.6. The summed E-state index contributed by atoms with van der Waals surface area (Å²) in [5.41, 5.74) is 2.07. The van der Waals surface area contributed by atoms with E-state index in [0.29, 0.717) is 27.8 Å². The van der Waals surface area contributed by atoms with Crippen LogP contribution in [0.5, 0.6) is 11.5 Å². The minimum Gasteiger partial charge on any atom is -0.497 e. The molecule has 6 nitrogen and oxygen atoms in total. The minimum atomic E-state index is -0.536. The maximum atomic E-state index is 13.5. The quantitative estimate of drug-likeness (QED) is 0.255. The van der Waals surface area contributed by atoms with Gasteiger partial charge in [0.15, 0.2) is 0 Å². The van der Waals surface area contributed by atoms with Crippen LogP contribution in [0.4, 0.5) is 11.4 Å². The molecule has 1 unspecified atom stereocenters. The molecule has 35 heavy (non-hydrogen) atoms. The molecule has 1 heterocycles. The van der Waals surface area contributed by atoms with E-state index in [1.807, 2.05) is 66.0 Å². The van der Waals surface area contributed by atoms with E-state index in [-0.39, 0.29) is 11.8 Å². The smallest absolute Gasteiger partial charge is 0.265 e. The van der Waals surface area contributed by atoms with Gasteiger partial charge in [-0.15, -0.1) is 23.1 Å². The lowest BCUT2D eigenvalue weighted by Crippen LogP contribution is -2.19. The number of rotatable bonds is 9. The number of thioether (sulfide) groups is 1. The first-order valence-corrected chi connectivity index (χ1v) is 12.5. The van der Waals surface area contributed by atoms with Crippen LogP contribution in [0.25, 0.3) is 0 Å². The van der Waals surface area contributed by atoms with Crippen molar-refractivity contribution in [2.45, 2.75) is 10.1 Å². The molecule has 1 atom stereocenters. The average Bonchev–Trinajstić information content (AvgIpc) is 3.43. The third kappa shape index (κ3) is 6.23. The highest BCUT2D eigenvalue weighted by Gasteiger charge is 2.23. The molecule has 178 valence electrons. The second-order valence-corrected chi connectivity index (χ2v) is 9.55. The molecular formula is C27H24N2O4S2. The summed E-state index contributed by atoms with van der Waals surface area (Å²) in [6.07, 6.45) is 0. The summed E-state index contributed by atoms with van der Waals surface area (Å²) in [6.45, 7) is 0. The Balaban J connectivity index is 1.56. The molecule has 8 heteroatoms. The van der Waals surface area contributed by atoms with Crippen molar-refractivity contribution in [3.05, 3.63) is 101 Å². The molecule has 0 radical (unpaired) electrons. The highest BCUT2D eigenvalue weighted by molar-refractivity contribution is 8.00. The Morgan fingerprint density at radius 2 is 1.69 bits per heavy atom. The Morgan fingerprint density at radius 1 is 0.857 bits per heavy atom. The van der Waals surface area contributed by atoms with Gasteiger partial charge in [-0.1, -0.05) is 42.5 Å². The number of benzene rings is 3. The molecule has 1 aromatic heterocycles. The summed E-state index contributed by atoms with van der Waals surface area (Å²) in [6, 6.07) is 25.9. The average molecular weight is 505 g/mol. The van der Waals surface area contributed by atoms with E-state index in [1.54, 1.807) is 38.5 Å². The zero-order valence-corrected chi connectivity index (χ0v) is 20.8. The maximum Gasteiger partial charge on any atom is 0.265 e. The molecule has 4 aromatic rings. The first kappa shape index (κ1) is 24.4. The number of thiophene rings is 1. The number of hydrogen-bond acceptors (Lipinski definition) is 6. The van der Waals surface area contributed by atoms with Gasteiger partial charge in [0.25, 0.3) is 5.91 Å². The zero-order valence-electron chi connectivity index (χ0n) is 19.2. The SMILES string of the molecule is COc1ccc(NC(=O)C(Sc2cccc(NC(=O)c3cccs3)c2)c2ccccc2)c(OC)c1. The van der Waals surface area contributed by atoms with Crippen LogP contribution in [0.2, 0.25) is 0 Å². The number of anilines is 2. The van der Waals surface area contributed by atoms with Gasteiger partial charge in [-0.2, -0.15) is 0 Å². The van der Waals surface area contributed by atoms with Crippen molar-refractivity contribution in [2.75, 3.05) is 24.9 Å². The van der Waals surface area contributed by atoms with Crippen molar-refractivity contribution >= 4 is 46.3 Å². The number of nitrogens with one attached hydrogen (secondary N) is 2. The molecule has 2 amide bonds. The Morgan fingerprint density at radius 3 is 2.40 bits per heavy atom. The van der Waals surface area contributed by atoms with Crippen LogP contribution >= 0.6 is 23.1 Å². The van der Waals surface area contributed by atoms with Crippen LogP contribution in [-0.4, -0.2) is 26.0 Å². The van der Waals surface area contributed by atoms with Crippen LogP contribution in [0, 0.1) is 0 Å². The fourth-order valence-electron chi connectivity index (χ4n) is 3.38. The largest absolute Gasteiger partial charge is 0.497 e. The third-order valence-corrected chi connectivity index (χ3v) is 7.21. The number of amides is 2. The zero-order chi connectivity index (χ0) is 24.6. The monoisotopic (exact) mass is 504 g/mol. The molecule has 0 bridgehead atoms. The highest BCUT2D eigenvalue weighted by atomic mass is 32.2. The van der Waals surface area contributed by atoms with Crippen LogP contribution in [0.15, 0.2) is 95.2 Å². The van der Waals surface area contributed by atoms with Gasteiger partial charge < -0.3 is 20.1 Å². The molecule has 2 N–H and O–H groups in total. The molecule has 4 rings (SSSR count). The van der Waals surface area contributed by atoms with Gasteiger partial charge in [0.1, 0.15) is 16.7 Å². The van der Waals surface area contributed by atoms with E-state index in [0.717, 1.165) is 10.5 Å². The Bertz CT molecular complexity index is 1290. The van der Waals surface area contributed by atoms with Crippen LogP contribution < -0.4 is 20.1 Å². The van der Waals surface area contributed by atoms with Crippen molar-refractivity contribution in [1.29, 1.82) is 0 Å². The first-order chi connectivity index (χ1) is 17.1. The van der Waals surface area contributed by atoms with Crippen molar-refractivity contribution in [2.24, 2.45) is 0 Å². The molecular weight excluding hydrogens is 480 g/mol. The highest BCUT2D eigenvalue weighted by Crippen LogP contribution is 2.38. The van der Waals surface area contributed by atoms with E-state index in [1.165, 1.54) is 23.1 Å². The van der Waals surface area contributed by atoms with E-state index >= 15 is 0 Å². The van der Waals surface area contributed by atoms with Gasteiger partial charge in [0.2, 0.25) is 5.91 Å². The predicted molar refractivity (Wildman–Crippen MR) is 142 cm³/mol. The summed E-state index contributed by atoms with van der Waals surface area (Å²) in [5, 5.41) is 7.24. The summed E-state index contributed by atoms with van der Waals surface area (Å²) in [4.78, 5) is 27.4. The lowest BCUT2D eigenvalue weighted by Gasteiger charge is -2.19. The predicted octanol–water partition coefficient (Wildman–Crippen LogP) is 6.49. The van der Waals surface area contributed by atoms with E-state index in [2.05, 4.69) is 10.6 Å². The standard InChI is InChI=1S/C27H24N2O4S2/c1-32-20-13-14-22(23(17-20)33-2)29-27(31)25(18-8-4-3-5-9-18)35-21-11-6-10-19(16-21)28-26(30)24-12-7-15-34-24/h3-17,25H,1-2H3,(H,28,30)(H,29,31). The molecule has 0 spiro atoms. The summed E-state index contributed by atoms with van der Waals surface area (Å²) < 4.78 is 10.7.